The molecule has 2 saturated heterocycles. The number of alkyl halides is 4. The first kappa shape index (κ1) is 18.4. The number of anilines is 1. The second-order valence-electron chi connectivity index (χ2n) is 7.02. The lowest BCUT2D eigenvalue weighted by Gasteiger charge is -2.41. The van der Waals surface area contributed by atoms with Crippen LogP contribution in [0.25, 0.3) is 0 Å². The van der Waals surface area contributed by atoms with Crippen molar-refractivity contribution in [2.45, 2.75) is 43.6 Å². The summed E-state index contributed by atoms with van der Waals surface area (Å²) in [4.78, 5) is 7.42. The van der Waals surface area contributed by atoms with Gasteiger partial charge in [0.05, 0.1) is 11.7 Å². The number of hydrogen-bond acceptors (Lipinski definition) is 4. The van der Waals surface area contributed by atoms with Gasteiger partial charge in [-0.25, -0.2) is 9.37 Å². The Morgan fingerprint density at radius 2 is 1.80 bits per heavy atom. The van der Waals surface area contributed by atoms with Gasteiger partial charge in [-0.2, -0.15) is 13.2 Å². The largest absolute Gasteiger partial charge is 0.419 e. The van der Waals surface area contributed by atoms with E-state index in [-0.39, 0.29) is 44.4 Å². The fraction of sp³-hybridized carbons (Fsp3) is 0.706. The monoisotopic (exact) mass is 361 g/mol. The number of likely N-dealkylation sites (tertiary alicyclic amines) is 1. The molecular formula is C17H23F4N3O. The topological polar surface area (TPSA) is 39.6 Å². The van der Waals surface area contributed by atoms with E-state index in [9.17, 15) is 18.3 Å². The summed E-state index contributed by atoms with van der Waals surface area (Å²) in [5.74, 6) is -0.113. The molecule has 2 aliphatic heterocycles. The van der Waals surface area contributed by atoms with E-state index < -0.39 is 17.4 Å². The molecule has 0 radical (unpaired) electrons. The van der Waals surface area contributed by atoms with Crippen LogP contribution >= 0.6 is 0 Å². The van der Waals surface area contributed by atoms with Crippen LogP contribution in [-0.2, 0) is 6.18 Å². The lowest BCUT2D eigenvalue weighted by atomic mass is 9.91. The number of aliphatic hydroxyl groups excluding tert-OH is 1. The van der Waals surface area contributed by atoms with Crippen molar-refractivity contribution in [1.29, 1.82) is 0 Å². The van der Waals surface area contributed by atoms with Gasteiger partial charge in [0.15, 0.2) is 0 Å². The Hall–Kier alpha value is -1.41. The molecule has 140 valence electrons. The maximum Gasteiger partial charge on any atom is 0.419 e. The number of pyridine rings is 1. The zero-order valence-corrected chi connectivity index (χ0v) is 14.0. The summed E-state index contributed by atoms with van der Waals surface area (Å²) in [5.41, 5.74) is -2.17. The van der Waals surface area contributed by atoms with E-state index in [0.29, 0.717) is 25.9 Å². The first-order valence-electron chi connectivity index (χ1n) is 8.63. The van der Waals surface area contributed by atoms with Crippen molar-refractivity contribution in [3.8, 4) is 0 Å². The van der Waals surface area contributed by atoms with Gasteiger partial charge in [-0.3, -0.25) is 4.90 Å². The molecule has 2 aliphatic rings. The van der Waals surface area contributed by atoms with Crippen LogP contribution in [0.2, 0.25) is 0 Å². The Morgan fingerprint density at radius 3 is 2.40 bits per heavy atom. The van der Waals surface area contributed by atoms with Crippen molar-refractivity contribution in [3.63, 3.8) is 0 Å². The van der Waals surface area contributed by atoms with E-state index in [1.807, 2.05) is 4.90 Å². The number of aliphatic hydroxyl groups is 1. The van der Waals surface area contributed by atoms with Crippen LogP contribution in [0, 0.1) is 0 Å². The van der Waals surface area contributed by atoms with Crippen molar-refractivity contribution < 1.29 is 22.7 Å². The summed E-state index contributed by atoms with van der Waals surface area (Å²) in [6.45, 7) is 2.03. The summed E-state index contributed by atoms with van der Waals surface area (Å²) in [6.07, 6.45) is -1.79. The van der Waals surface area contributed by atoms with Crippen molar-refractivity contribution in [3.05, 3.63) is 23.9 Å². The zero-order valence-electron chi connectivity index (χ0n) is 14.0. The fourth-order valence-corrected chi connectivity index (χ4v) is 3.63. The van der Waals surface area contributed by atoms with Gasteiger partial charge >= 0.3 is 6.18 Å². The summed E-state index contributed by atoms with van der Waals surface area (Å²) in [6, 6.07) is 2.28. The Bertz CT molecular complexity index is 580. The molecule has 25 heavy (non-hydrogen) atoms. The molecule has 0 amide bonds. The zero-order chi connectivity index (χ0) is 18.1. The minimum Gasteiger partial charge on any atom is -0.393 e. The standard InChI is InChI=1S/C17H23F4N3O/c18-16(12-23-8-3-13(25)4-9-23)5-10-24(11-6-16)15-14(17(19,20)21)2-1-7-22-15/h1-2,7,13,25H,3-6,8-12H2. The van der Waals surface area contributed by atoms with Crippen LogP contribution in [0.15, 0.2) is 18.3 Å². The molecule has 1 aromatic heterocycles. The number of piperidine rings is 2. The number of nitrogens with zero attached hydrogens (tertiary/aromatic N) is 3. The molecule has 8 heteroatoms. The lowest BCUT2D eigenvalue weighted by molar-refractivity contribution is -0.137. The van der Waals surface area contributed by atoms with E-state index in [1.54, 1.807) is 0 Å². The molecule has 0 saturated carbocycles. The van der Waals surface area contributed by atoms with Crippen molar-refractivity contribution in [2.24, 2.45) is 0 Å². The highest BCUT2D eigenvalue weighted by atomic mass is 19.4. The van der Waals surface area contributed by atoms with Gasteiger partial charge in [-0.05, 0) is 25.0 Å². The first-order chi connectivity index (χ1) is 11.8. The number of aromatic nitrogens is 1. The Morgan fingerprint density at radius 1 is 1.16 bits per heavy atom. The van der Waals surface area contributed by atoms with Crippen molar-refractivity contribution in [2.75, 3.05) is 37.6 Å². The first-order valence-corrected chi connectivity index (χ1v) is 8.63. The second kappa shape index (κ2) is 7.07. The highest BCUT2D eigenvalue weighted by molar-refractivity contribution is 5.48. The molecule has 0 unspecified atom stereocenters. The third kappa shape index (κ3) is 4.41. The minimum atomic E-state index is -4.47. The Kier molecular flexibility index (Phi) is 5.20. The minimum absolute atomic E-state index is 0.113. The quantitative estimate of drug-likeness (QED) is 0.841. The highest BCUT2D eigenvalue weighted by Gasteiger charge is 2.40. The predicted octanol–water partition coefficient (Wildman–Crippen LogP) is 2.87. The highest BCUT2D eigenvalue weighted by Crippen LogP contribution is 2.37. The molecule has 3 rings (SSSR count). The Labute approximate surface area is 144 Å². The number of hydrogen-bond donors (Lipinski definition) is 1. The molecular weight excluding hydrogens is 338 g/mol. The third-order valence-corrected chi connectivity index (χ3v) is 5.12. The van der Waals surface area contributed by atoms with Gasteiger partial charge < -0.3 is 10.0 Å². The van der Waals surface area contributed by atoms with Crippen LogP contribution in [0.1, 0.15) is 31.2 Å². The van der Waals surface area contributed by atoms with Gasteiger partial charge in [0, 0.05) is 51.8 Å². The van der Waals surface area contributed by atoms with Gasteiger partial charge in [0.1, 0.15) is 11.5 Å². The van der Waals surface area contributed by atoms with E-state index in [1.165, 1.54) is 17.2 Å². The smallest absolute Gasteiger partial charge is 0.393 e. The summed E-state index contributed by atoms with van der Waals surface area (Å²) >= 11 is 0. The van der Waals surface area contributed by atoms with E-state index in [0.717, 1.165) is 6.07 Å². The summed E-state index contributed by atoms with van der Waals surface area (Å²) in [5, 5.41) is 9.52. The van der Waals surface area contributed by atoms with Gasteiger partial charge in [0.2, 0.25) is 0 Å². The van der Waals surface area contributed by atoms with Crippen LogP contribution in [0.4, 0.5) is 23.4 Å². The maximum absolute atomic E-state index is 15.1. The SMILES string of the molecule is OC1CCN(CC2(F)CCN(c3ncccc3C(F)(F)F)CC2)CC1. The summed E-state index contributed by atoms with van der Waals surface area (Å²) < 4.78 is 54.5. The molecule has 0 aromatic carbocycles. The fourth-order valence-electron chi connectivity index (χ4n) is 3.63. The third-order valence-electron chi connectivity index (χ3n) is 5.12. The molecule has 0 aliphatic carbocycles. The Balaban J connectivity index is 1.62. The van der Waals surface area contributed by atoms with E-state index in [4.69, 9.17) is 0 Å². The normalized spacial score (nSPS) is 23.0. The summed E-state index contributed by atoms with van der Waals surface area (Å²) in [7, 11) is 0. The lowest BCUT2D eigenvalue weighted by Crippen LogP contribution is -2.50. The molecule has 0 atom stereocenters. The number of rotatable bonds is 3. The van der Waals surface area contributed by atoms with Crippen LogP contribution in [0.5, 0.6) is 0 Å². The van der Waals surface area contributed by atoms with Crippen LogP contribution in [0.3, 0.4) is 0 Å². The van der Waals surface area contributed by atoms with Crippen molar-refractivity contribution >= 4 is 5.82 Å². The molecule has 2 fully saturated rings. The van der Waals surface area contributed by atoms with Crippen molar-refractivity contribution in [1.82, 2.24) is 9.88 Å². The molecule has 3 heterocycles. The van der Waals surface area contributed by atoms with Crippen LogP contribution < -0.4 is 4.90 Å². The predicted molar refractivity (Wildman–Crippen MR) is 86.2 cm³/mol. The van der Waals surface area contributed by atoms with Gasteiger partial charge in [-0.15, -0.1) is 0 Å². The average molecular weight is 361 g/mol. The molecule has 0 bridgehead atoms. The maximum atomic E-state index is 15.1. The van der Waals surface area contributed by atoms with Gasteiger partial charge in [-0.1, -0.05) is 0 Å². The number of halogens is 4. The van der Waals surface area contributed by atoms with E-state index in [2.05, 4.69) is 4.98 Å². The van der Waals surface area contributed by atoms with E-state index >= 15 is 4.39 Å². The second-order valence-corrected chi connectivity index (χ2v) is 7.02. The van der Waals surface area contributed by atoms with Gasteiger partial charge in [0.25, 0.3) is 0 Å². The molecule has 1 aromatic rings. The molecule has 1 N–H and O–H groups in total. The average Bonchev–Trinajstić information content (AvgIpc) is 2.57. The molecule has 4 nitrogen and oxygen atoms in total. The van der Waals surface area contributed by atoms with Crippen LogP contribution in [-0.4, -0.2) is 59.5 Å². The molecule has 0 spiro atoms.